The van der Waals surface area contributed by atoms with E-state index in [9.17, 15) is 0 Å². The Labute approximate surface area is 90.1 Å². The number of hydrogen-bond donors (Lipinski definition) is 0. The minimum absolute atomic E-state index is 0. The molecule has 0 unspecified atom stereocenters. The van der Waals surface area contributed by atoms with Crippen molar-refractivity contribution in [3.8, 4) is 0 Å². The Hall–Kier alpha value is 1.59. The molecule has 0 fully saturated rings. The van der Waals surface area contributed by atoms with Crippen LogP contribution in [0.25, 0.3) is 0 Å². The van der Waals surface area contributed by atoms with E-state index in [0.717, 1.165) is 0 Å². The van der Waals surface area contributed by atoms with Crippen LogP contribution in [0.1, 0.15) is 0 Å². The SMILES string of the molecule is O=[N+]([O-])[O-].[Tb+3].[Y+3]. The van der Waals surface area contributed by atoms with E-state index < -0.39 is 5.09 Å². The second-order valence-electron chi connectivity index (χ2n) is 0.224. The summed E-state index contributed by atoms with van der Waals surface area (Å²) in [5, 5.41) is 14.8. The van der Waals surface area contributed by atoms with Gasteiger partial charge >= 0.3 is 71.3 Å². The van der Waals surface area contributed by atoms with Crippen LogP contribution in [-0.4, -0.2) is 5.09 Å². The molecular formula is NO3TbY+5. The molecule has 6 heteroatoms. The number of hydrogen-bond acceptors (Lipinski definition) is 3. The van der Waals surface area contributed by atoms with Gasteiger partial charge in [-0.2, -0.15) is 0 Å². The maximum absolute atomic E-state index is 8.25. The van der Waals surface area contributed by atoms with E-state index in [4.69, 9.17) is 15.3 Å². The molecule has 0 aliphatic rings. The van der Waals surface area contributed by atoms with Crippen LogP contribution in [-0.2, 0) is 32.7 Å². The van der Waals surface area contributed by atoms with Gasteiger partial charge in [-0.1, -0.05) is 0 Å². The topological polar surface area (TPSA) is 66.2 Å². The summed E-state index contributed by atoms with van der Waals surface area (Å²) in [6, 6.07) is 0. The molecule has 0 saturated carbocycles. The van der Waals surface area contributed by atoms with Crippen LogP contribution in [0.15, 0.2) is 0 Å². The van der Waals surface area contributed by atoms with Crippen molar-refractivity contribution in [1.82, 2.24) is 0 Å². The molecule has 0 heterocycles. The average molecular weight is 310 g/mol. The van der Waals surface area contributed by atoms with Gasteiger partial charge in [0.25, 0.3) is 0 Å². The summed E-state index contributed by atoms with van der Waals surface area (Å²) in [5.74, 6) is 0. The molecule has 0 aromatic heterocycles. The van der Waals surface area contributed by atoms with Gasteiger partial charge in [-0.15, -0.1) is 0 Å². The minimum Gasteiger partial charge on any atom is -0.356 e. The first-order valence-corrected chi connectivity index (χ1v) is 0.548. The van der Waals surface area contributed by atoms with E-state index in [-0.39, 0.29) is 71.3 Å². The van der Waals surface area contributed by atoms with Crippen LogP contribution in [0, 0.1) is 53.9 Å². The van der Waals surface area contributed by atoms with Gasteiger partial charge in [0, 0.05) is 0 Å². The predicted molar refractivity (Wildman–Crippen MR) is 10.4 cm³/mol. The molecule has 6 heavy (non-hydrogen) atoms. The Bertz CT molecular complexity index is 33.8. The first-order valence-electron chi connectivity index (χ1n) is 0.548. The third-order valence-electron chi connectivity index (χ3n) is 0. The monoisotopic (exact) mass is 310 g/mol. The molecule has 0 saturated heterocycles. The van der Waals surface area contributed by atoms with Crippen molar-refractivity contribution in [2.75, 3.05) is 0 Å². The number of rotatable bonds is 0. The maximum atomic E-state index is 8.25. The summed E-state index contributed by atoms with van der Waals surface area (Å²) in [4.78, 5) is 8.25. The Morgan fingerprint density at radius 2 is 1.33 bits per heavy atom. The van der Waals surface area contributed by atoms with Crippen molar-refractivity contribution in [3.63, 3.8) is 0 Å². The van der Waals surface area contributed by atoms with E-state index in [1.807, 2.05) is 0 Å². The zero-order chi connectivity index (χ0) is 3.58. The normalized spacial score (nSPS) is 4.00. The Morgan fingerprint density at radius 1 is 1.33 bits per heavy atom. The smallest absolute Gasteiger partial charge is 0.356 e. The fourth-order valence-electron chi connectivity index (χ4n) is 0. The molecule has 0 atom stereocenters. The quantitative estimate of drug-likeness (QED) is 0.458. The van der Waals surface area contributed by atoms with Gasteiger partial charge in [-0.05, 0) is 0 Å². The molecule has 4 nitrogen and oxygen atoms in total. The van der Waals surface area contributed by atoms with E-state index in [0.29, 0.717) is 0 Å². The molecule has 0 N–H and O–H groups in total. The summed E-state index contributed by atoms with van der Waals surface area (Å²) in [5.41, 5.74) is 0. The average Bonchev–Trinajstić information content (AvgIpc) is 0.811. The number of nitrogens with zero attached hydrogens (tertiary/aromatic N) is 1. The molecule has 0 aliphatic carbocycles. The molecular weight excluding hydrogens is 310 g/mol. The first-order chi connectivity index (χ1) is 1.73. The van der Waals surface area contributed by atoms with Gasteiger partial charge in [0.1, 0.15) is 0 Å². The Morgan fingerprint density at radius 3 is 1.33 bits per heavy atom. The van der Waals surface area contributed by atoms with Crippen molar-refractivity contribution in [2.24, 2.45) is 0 Å². The van der Waals surface area contributed by atoms with Gasteiger partial charge in [-0.25, -0.2) is 0 Å². The zero-order valence-corrected chi connectivity index (χ0v) is 7.56. The molecule has 30 valence electrons. The third kappa shape index (κ3) is 46.6. The van der Waals surface area contributed by atoms with Crippen molar-refractivity contribution >= 4 is 0 Å². The molecule has 0 radical (unpaired) electrons. The standard InChI is InChI=1S/NO3.Tb.Y/c2-1(3)4;;/q-1;2*+3. The van der Waals surface area contributed by atoms with E-state index in [2.05, 4.69) is 0 Å². The van der Waals surface area contributed by atoms with Crippen LogP contribution in [0.5, 0.6) is 0 Å². The van der Waals surface area contributed by atoms with Gasteiger partial charge < -0.3 is 15.3 Å². The van der Waals surface area contributed by atoms with E-state index >= 15 is 0 Å². The molecule has 0 bridgehead atoms. The van der Waals surface area contributed by atoms with Crippen LogP contribution >= 0.6 is 0 Å². The van der Waals surface area contributed by atoms with Crippen molar-refractivity contribution in [1.29, 1.82) is 0 Å². The fraction of sp³-hybridized carbons (Fsp3) is 0. The summed E-state index contributed by atoms with van der Waals surface area (Å²) >= 11 is 0. The largest absolute Gasteiger partial charge is 3.00 e. The van der Waals surface area contributed by atoms with Crippen molar-refractivity contribution < 1.29 is 76.4 Å². The molecule has 0 aromatic rings. The molecule has 0 spiro atoms. The second-order valence-corrected chi connectivity index (χ2v) is 0.224. The van der Waals surface area contributed by atoms with Crippen LogP contribution in [0.4, 0.5) is 0 Å². The summed E-state index contributed by atoms with van der Waals surface area (Å²) in [6.07, 6.45) is 0. The van der Waals surface area contributed by atoms with Crippen LogP contribution in [0.3, 0.4) is 0 Å². The summed E-state index contributed by atoms with van der Waals surface area (Å²) in [6.45, 7) is 0. The molecule has 0 aromatic carbocycles. The Balaban J connectivity index is -0.0000000450. The minimum atomic E-state index is -1.75. The molecule has 0 aliphatic heterocycles. The van der Waals surface area contributed by atoms with Gasteiger partial charge in [0.2, 0.25) is 0 Å². The molecule has 0 amide bonds. The van der Waals surface area contributed by atoms with Crippen molar-refractivity contribution in [2.45, 2.75) is 0 Å². The van der Waals surface area contributed by atoms with Crippen LogP contribution in [0.2, 0.25) is 0 Å². The first kappa shape index (κ1) is 15.6. The van der Waals surface area contributed by atoms with E-state index in [1.54, 1.807) is 0 Å². The fourth-order valence-corrected chi connectivity index (χ4v) is 0. The summed E-state index contributed by atoms with van der Waals surface area (Å²) < 4.78 is 0. The van der Waals surface area contributed by atoms with Gasteiger partial charge in [0.15, 0.2) is 0 Å². The van der Waals surface area contributed by atoms with Crippen molar-refractivity contribution in [3.05, 3.63) is 15.3 Å². The maximum Gasteiger partial charge on any atom is 3.00 e. The van der Waals surface area contributed by atoms with Crippen LogP contribution < -0.4 is 0 Å². The Kier molecular flexibility index (Phi) is 25.5. The predicted octanol–water partition coefficient (Wildman–Crippen LogP) is -0.242. The third-order valence-corrected chi connectivity index (χ3v) is 0. The van der Waals surface area contributed by atoms with E-state index in [1.165, 1.54) is 0 Å². The molecule has 0 rings (SSSR count). The summed E-state index contributed by atoms with van der Waals surface area (Å²) in [7, 11) is 0. The van der Waals surface area contributed by atoms with Gasteiger partial charge in [-0.3, -0.25) is 0 Å². The van der Waals surface area contributed by atoms with Gasteiger partial charge in [0.05, 0.1) is 5.09 Å². The zero-order valence-electron chi connectivity index (χ0n) is 2.58. The second kappa shape index (κ2) is 9.77.